The number of rotatable bonds is 7. The van der Waals surface area contributed by atoms with Gasteiger partial charge in [0.25, 0.3) is 0 Å². The summed E-state index contributed by atoms with van der Waals surface area (Å²) in [5.41, 5.74) is 0.984. The minimum absolute atomic E-state index is 0.00589. The molecule has 122 valence electrons. The van der Waals surface area contributed by atoms with Crippen molar-refractivity contribution >= 4 is 27.5 Å². The molecule has 2 rings (SSSR count). The highest BCUT2D eigenvalue weighted by Gasteiger charge is 2.17. The van der Waals surface area contributed by atoms with E-state index in [2.05, 4.69) is 10.0 Å². The third kappa shape index (κ3) is 5.35. The number of hydrogen-bond acceptors (Lipinski definition) is 3. The first-order chi connectivity index (χ1) is 11.0. The van der Waals surface area contributed by atoms with Crippen molar-refractivity contribution in [3.05, 3.63) is 65.2 Å². The second kappa shape index (κ2) is 8.10. The Morgan fingerprint density at radius 1 is 1.00 bits per heavy atom. The Hall–Kier alpha value is -1.89. The minimum Gasteiger partial charge on any atom is -0.352 e. The summed E-state index contributed by atoms with van der Waals surface area (Å²) in [4.78, 5) is 11.7. The molecule has 2 aromatic carbocycles. The molecule has 0 bridgehead atoms. The van der Waals surface area contributed by atoms with Crippen LogP contribution in [-0.4, -0.2) is 20.9 Å². The van der Waals surface area contributed by atoms with Crippen LogP contribution in [0.25, 0.3) is 0 Å². The van der Waals surface area contributed by atoms with Gasteiger partial charge in [0, 0.05) is 19.5 Å². The number of sulfonamides is 1. The first kappa shape index (κ1) is 17.5. The molecule has 0 aromatic heterocycles. The standard InChI is InChI=1S/C16H17ClN2O3S/c17-14-8-4-5-9-15(14)23(21,22)19-11-10-16(20)18-12-13-6-2-1-3-7-13/h1-9,19H,10-12H2,(H,18,20). The van der Waals surface area contributed by atoms with Crippen molar-refractivity contribution in [1.82, 2.24) is 10.0 Å². The van der Waals surface area contributed by atoms with Gasteiger partial charge in [0.05, 0.1) is 5.02 Å². The number of hydrogen-bond donors (Lipinski definition) is 2. The first-order valence-electron chi connectivity index (χ1n) is 7.04. The summed E-state index contributed by atoms with van der Waals surface area (Å²) >= 11 is 5.87. The Labute approximate surface area is 140 Å². The van der Waals surface area contributed by atoms with E-state index in [0.717, 1.165) is 5.56 Å². The fraction of sp³-hybridized carbons (Fsp3) is 0.188. The van der Waals surface area contributed by atoms with E-state index in [1.165, 1.54) is 12.1 Å². The average Bonchev–Trinajstić information content (AvgIpc) is 2.54. The largest absolute Gasteiger partial charge is 0.352 e. The molecule has 0 aliphatic rings. The van der Waals surface area contributed by atoms with Crippen LogP contribution < -0.4 is 10.0 Å². The molecule has 7 heteroatoms. The predicted octanol–water partition coefficient (Wildman–Crippen LogP) is 2.32. The molecule has 0 heterocycles. The Kier molecular flexibility index (Phi) is 6.15. The maximum atomic E-state index is 12.1. The molecule has 0 atom stereocenters. The van der Waals surface area contributed by atoms with Gasteiger partial charge in [0.2, 0.25) is 15.9 Å². The lowest BCUT2D eigenvalue weighted by atomic mass is 10.2. The molecule has 0 aliphatic carbocycles. The summed E-state index contributed by atoms with van der Waals surface area (Å²) in [7, 11) is -3.72. The van der Waals surface area contributed by atoms with Crippen LogP contribution >= 0.6 is 11.6 Å². The maximum absolute atomic E-state index is 12.1. The third-order valence-corrected chi connectivity index (χ3v) is 5.06. The lowest BCUT2D eigenvalue weighted by Gasteiger charge is -2.08. The number of amides is 1. The van der Waals surface area contributed by atoms with Gasteiger partial charge in [-0.2, -0.15) is 0 Å². The topological polar surface area (TPSA) is 75.3 Å². The number of benzene rings is 2. The van der Waals surface area contributed by atoms with E-state index in [-0.39, 0.29) is 28.8 Å². The molecular formula is C16H17ClN2O3S. The van der Waals surface area contributed by atoms with Gasteiger partial charge in [-0.15, -0.1) is 0 Å². The van der Waals surface area contributed by atoms with E-state index in [4.69, 9.17) is 11.6 Å². The lowest BCUT2D eigenvalue weighted by molar-refractivity contribution is -0.121. The number of carbonyl (C=O) groups excluding carboxylic acids is 1. The SMILES string of the molecule is O=C(CCNS(=O)(=O)c1ccccc1Cl)NCc1ccccc1. The van der Waals surface area contributed by atoms with Gasteiger partial charge >= 0.3 is 0 Å². The van der Waals surface area contributed by atoms with Crippen molar-refractivity contribution in [2.24, 2.45) is 0 Å². The number of carbonyl (C=O) groups is 1. The lowest BCUT2D eigenvalue weighted by Crippen LogP contribution is -2.30. The summed E-state index contributed by atoms with van der Waals surface area (Å²) in [6.45, 7) is 0.422. The van der Waals surface area contributed by atoms with Crippen LogP contribution in [-0.2, 0) is 21.4 Å². The zero-order valence-electron chi connectivity index (χ0n) is 12.3. The first-order valence-corrected chi connectivity index (χ1v) is 8.90. The Balaban J connectivity index is 1.80. The van der Waals surface area contributed by atoms with Crippen molar-refractivity contribution in [3.63, 3.8) is 0 Å². The van der Waals surface area contributed by atoms with Gasteiger partial charge in [-0.1, -0.05) is 54.1 Å². The summed E-state index contributed by atoms with van der Waals surface area (Å²) < 4.78 is 26.5. The average molecular weight is 353 g/mol. The van der Waals surface area contributed by atoms with Crippen molar-refractivity contribution in [2.75, 3.05) is 6.54 Å². The van der Waals surface area contributed by atoms with Crippen molar-refractivity contribution < 1.29 is 13.2 Å². The number of nitrogens with one attached hydrogen (secondary N) is 2. The van der Waals surface area contributed by atoms with Gasteiger partial charge in [-0.05, 0) is 17.7 Å². The molecule has 1 amide bonds. The van der Waals surface area contributed by atoms with Crippen molar-refractivity contribution in [3.8, 4) is 0 Å². The van der Waals surface area contributed by atoms with Gasteiger partial charge in [-0.25, -0.2) is 13.1 Å². The van der Waals surface area contributed by atoms with Gasteiger partial charge < -0.3 is 5.32 Å². The van der Waals surface area contributed by atoms with E-state index in [1.54, 1.807) is 12.1 Å². The quantitative estimate of drug-likeness (QED) is 0.803. The van der Waals surface area contributed by atoms with Gasteiger partial charge in [-0.3, -0.25) is 4.79 Å². The number of halogens is 1. The Bertz CT molecular complexity index is 764. The summed E-state index contributed by atoms with van der Waals surface area (Å²) in [5, 5.41) is 2.88. The zero-order chi connectivity index (χ0) is 16.7. The van der Waals surface area contributed by atoms with E-state index < -0.39 is 10.0 Å². The van der Waals surface area contributed by atoms with Crippen LogP contribution in [0.5, 0.6) is 0 Å². The fourth-order valence-corrected chi connectivity index (χ4v) is 3.47. The molecule has 0 saturated heterocycles. The zero-order valence-corrected chi connectivity index (χ0v) is 13.9. The molecular weight excluding hydrogens is 336 g/mol. The highest BCUT2D eigenvalue weighted by Crippen LogP contribution is 2.19. The Morgan fingerprint density at radius 3 is 2.35 bits per heavy atom. The summed E-state index contributed by atoms with van der Waals surface area (Å²) in [5.74, 6) is -0.226. The fourth-order valence-electron chi connectivity index (χ4n) is 1.92. The molecule has 23 heavy (non-hydrogen) atoms. The highest BCUT2D eigenvalue weighted by atomic mass is 35.5. The molecule has 0 aliphatic heterocycles. The molecule has 0 unspecified atom stereocenters. The molecule has 2 aromatic rings. The van der Waals surface area contributed by atoms with E-state index in [9.17, 15) is 13.2 Å². The van der Waals surface area contributed by atoms with Crippen LogP contribution in [0.3, 0.4) is 0 Å². The van der Waals surface area contributed by atoms with Crippen molar-refractivity contribution in [1.29, 1.82) is 0 Å². The molecule has 0 spiro atoms. The molecule has 5 nitrogen and oxygen atoms in total. The van der Waals surface area contributed by atoms with Crippen molar-refractivity contribution in [2.45, 2.75) is 17.9 Å². The molecule has 0 fully saturated rings. The maximum Gasteiger partial charge on any atom is 0.242 e. The van der Waals surface area contributed by atoms with Crippen LogP contribution in [0, 0.1) is 0 Å². The van der Waals surface area contributed by atoms with E-state index >= 15 is 0 Å². The Morgan fingerprint density at radius 2 is 1.65 bits per heavy atom. The van der Waals surface area contributed by atoms with Crippen LogP contribution in [0.1, 0.15) is 12.0 Å². The molecule has 0 saturated carbocycles. The predicted molar refractivity (Wildman–Crippen MR) is 89.5 cm³/mol. The molecule has 0 radical (unpaired) electrons. The normalized spacial score (nSPS) is 11.2. The monoisotopic (exact) mass is 352 g/mol. The minimum atomic E-state index is -3.72. The van der Waals surface area contributed by atoms with E-state index in [0.29, 0.717) is 6.54 Å². The second-order valence-electron chi connectivity index (χ2n) is 4.84. The smallest absolute Gasteiger partial charge is 0.242 e. The van der Waals surface area contributed by atoms with Crippen LogP contribution in [0.4, 0.5) is 0 Å². The third-order valence-electron chi connectivity index (χ3n) is 3.10. The summed E-state index contributed by atoms with van der Waals surface area (Å²) in [6, 6.07) is 15.6. The van der Waals surface area contributed by atoms with Gasteiger partial charge in [0.1, 0.15) is 4.90 Å². The van der Waals surface area contributed by atoms with Gasteiger partial charge in [0.15, 0.2) is 0 Å². The van der Waals surface area contributed by atoms with Crippen LogP contribution in [0.2, 0.25) is 5.02 Å². The highest BCUT2D eigenvalue weighted by molar-refractivity contribution is 7.89. The van der Waals surface area contributed by atoms with E-state index in [1.807, 2.05) is 30.3 Å². The molecule has 2 N–H and O–H groups in total. The van der Waals surface area contributed by atoms with Crippen LogP contribution in [0.15, 0.2) is 59.5 Å². The summed E-state index contributed by atoms with van der Waals surface area (Å²) in [6.07, 6.45) is 0.0521. The second-order valence-corrected chi connectivity index (χ2v) is 6.98.